The normalized spacial score (nSPS) is 18.7. The topological polar surface area (TPSA) is 69.6 Å². The SMILES string of the molecule is O=Cc1ccc(Cl)cc1N1CCC(NC(=O)O)C1. The highest BCUT2D eigenvalue weighted by atomic mass is 35.5. The monoisotopic (exact) mass is 268 g/mol. The number of aldehydes is 1. The average molecular weight is 269 g/mol. The van der Waals surface area contributed by atoms with Crippen molar-refractivity contribution in [1.29, 1.82) is 0 Å². The maximum absolute atomic E-state index is 11.0. The molecular weight excluding hydrogens is 256 g/mol. The lowest BCUT2D eigenvalue weighted by Crippen LogP contribution is -2.36. The molecule has 0 radical (unpaired) electrons. The minimum absolute atomic E-state index is 0.110. The minimum atomic E-state index is -1.02. The lowest BCUT2D eigenvalue weighted by molar-refractivity contribution is 0.112. The van der Waals surface area contributed by atoms with Crippen LogP contribution in [-0.2, 0) is 0 Å². The van der Waals surface area contributed by atoms with Crippen LogP contribution in [0.25, 0.3) is 0 Å². The molecule has 2 rings (SSSR count). The van der Waals surface area contributed by atoms with Crippen molar-refractivity contribution in [2.75, 3.05) is 18.0 Å². The summed E-state index contributed by atoms with van der Waals surface area (Å²) in [5.74, 6) is 0. The fourth-order valence-corrected chi connectivity index (χ4v) is 2.33. The van der Waals surface area contributed by atoms with E-state index in [9.17, 15) is 9.59 Å². The summed E-state index contributed by atoms with van der Waals surface area (Å²) in [6, 6.07) is 4.95. The van der Waals surface area contributed by atoms with Crippen LogP contribution in [0.1, 0.15) is 16.8 Å². The third-order valence-corrected chi connectivity index (χ3v) is 3.21. The Morgan fingerprint density at radius 3 is 3.00 bits per heavy atom. The Kier molecular flexibility index (Phi) is 3.72. The smallest absolute Gasteiger partial charge is 0.404 e. The maximum atomic E-state index is 11.0. The van der Waals surface area contributed by atoms with Crippen LogP contribution in [0.15, 0.2) is 18.2 Å². The van der Waals surface area contributed by atoms with Crippen LogP contribution in [0.5, 0.6) is 0 Å². The maximum Gasteiger partial charge on any atom is 0.404 e. The Hall–Kier alpha value is -1.75. The van der Waals surface area contributed by atoms with Crippen molar-refractivity contribution in [3.63, 3.8) is 0 Å². The second-order valence-corrected chi connectivity index (χ2v) is 4.64. The molecule has 18 heavy (non-hydrogen) atoms. The summed E-state index contributed by atoms with van der Waals surface area (Å²) in [4.78, 5) is 23.5. The number of anilines is 1. The molecule has 0 aromatic heterocycles. The van der Waals surface area contributed by atoms with E-state index in [1.165, 1.54) is 0 Å². The van der Waals surface area contributed by atoms with E-state index in [-0.39, 0.29) is 6.04 Å². The molecule has 0 saturated carbocycles. The first kappa shape index (κ1) is 12.7. The molecule has 1 unspecified atom stereocenters. The van der Waals surface area contributed by atoms with Crippen LogP contribution in [0.4, 0.5) is 10.5 Å². The van der Waals surface area contributed by atoms with E-state index in [4.69, 9.17) is 16.7 Å². The summed E-state index contributed by atoms with van der Waals surface area (Å²) >= 11 is 5.92. The van der Waals surface area contributed by atoms with Crippen molar-refractivity contribution >= 4 is 29.7 Å². The molecule has 5 nitrogen and oxygen atoms in total. The number of benzene rings is 1. The molecule has 1 heterocycles. The zero-order valence-corrected chi connectivity index (χ0v) is 10.4. The second-order valence-electron chi connectivity index (χ2n) is 4.20. The summed E-state index contributed by atoms with van der Waals surface area (Å²) in [5.41, 5.74) is 1.32. The molecule has 96 valence electrons. The number of nitrogens with one attached hydrogen (secondary N) is 1. The van der Waals surface area contributed by atoms with Gasteiger partial charge in [0.15, 0.2) is 6.29 Å². The van der Waals surface area contributed by atoms with Crippen molar-refractivity contribution in [3.05, 3.63) is 28.8 Å². The van der Waals surface area contributed by atoms with E-state index in [0.717, 1.165) is 18.4 Å². The molecule has 2 N–H and O–H groups in total. The Balaban J connectivity index is 2.15. The number of hydrogen-bond acceptors (Lipinski definition) is 3. The molecular formula is C12H13ClN2O3. The summed E-state index contributed by atoms with van der Waals surface area (Å²) in [5, 5.41) is 11.7. The quantitative estimate of drug-likeness (QED) is 0.823. The van der Waals surface area contributed by atoms with Crippen molar-refractivity contribution in [3.8, 4) is 0 Å². The number of nitrogens with zero attached hydrogens (tertiary/aromatic N) is 1. The number of carboxylic acid groups (broad SMARTS) is 1. The van der Waals surface area contributed by atoms with E-state index in [0.29, 0.717) is 23.7 Å². The lowest BCUT2D eigenvalue weighted by atomic mass is 10.2. The largest absolute Gasteiger partial charge is 0.465 e. The Bertz CT molecular complexity index is 478. The van der Waals surface area contributed by atoms with Gasteiger partial charge in [0.05, 0.1) is 6.04 Å². The van der Waals surface area contributed by atoms with Crippen LogP contribution in [0.2, 0.25) is 5.02 Å². The van der Waals surface area contributed by atoms with E-state index < -0.39 is 6.09 Å². The summed E-state index contributed by atoms with van der Waals surface area (Å²) in [6.07, 6.45) is 0.476. The van der Waals surface area contributed by atoms with Gasteiger partial charge in [-0.1, -0.05) is 11.6 Å². The van der Waals surface area contributed by atoms with Gasteiger partial charge in [0.2, 0.25) is 0 Å². The summed E-state index contributed by atoms with van der Waals surface area (Å²) < 4.78 is 0. The second kappa shape index (κ2) is 5.27. The summed E-state index contributed by atoms with van der Waals surface area (Å²) in [7, 11) is 0. The van der Waals surface area contributed by atoms with Gasteiger partial charge in [-0.3, -0.25) is 4.79 Å². The van der Waals surface area contributed by atoms with E-state index in [2.05, 4.69) is 5.32 Å². The first-order valence-electron chi connectivity index (χ1n) is 5.59. The van der Waals surface area contributed by atoms with Gasteiger partial charge in [-0.25, -0.2) is 4.79 Å². The van der Waals surface area contributed by atoms with Gasteiger partial charge in [-0.05, 0) is 24.6 Å². The zero-order chi connectivity index (χ0) is 13.1. The highest BCUT2D eigenvalue weighted by molar-refractivity contribution is 6.31. The van der Waals surface area contributed by atoms with Gasteiger partial charge < -0.3 is 15.3 Å². The molecule has 1 atom stereocenters. The lowest BCUT2D eigenvalue weighted by Gasteiger charge is -2.20. The fourth-order valence-electron chi connectivity index (χ4n) is 2.16. The molecule has 6 heteroatoms. The number of carbonyl (C=O) groups excluding carboxylic acids is 1. The number of amides is 1. The molecule has 1 fully saturated rings. The first-order chi connectivity index (χ1) is 8.60. The number of halogens is 1. The molecule has 1 aliphatic heterocycles. The zero-order valence-electron chi connectivity index (χ0n) is 9.60. The fraction of sp³-hybridized carbons (Fsp3) is 0.333. The Morgan fingerprint density at radius 1 is 1.56 bits per heavy atom. The number of hydrogen-bond donors (Lipinski definition) is 2. The van der Waals surface area contributed by atoms with E-state index in [1.807, 2.05) is 4.90 Å². The predicted molar refractivity (Wildman–Crippen MR) is 68.6 cm³/mol. The third kappa shape index (κ3) is 2.73. The van der Waals surface area contributed by atoms with Crippen molar-refractivity contribution in [2.45, 2.75) is 12.5 Å². The van der Waals surface area contributed by atoms with Gasteiger partial charge in [0.1, 0.15) is 0 Å². The van der Waals surface area contributed by atoms with Crippen LogP contribution in [0.3, 0.4) is 0 Å². The van der Waals surface area contributed by atoms with Gasteiger partial charge in [0, 0.05) is 29.4 Å². The van der Waals surface area contributed by atoms with Gasteiger partial charge in [-0.15, -0.1) is 0 Å². The van der Waals surface area contributed by atoms with Crippen molar-refractivity contribution in [1.82, 2.24) is 5.32 Å². The van der Waals surface area contributed by atoms with Crippen LogP contribution < -0.4 is 10.2 Å². The number of rotatable bonds is 3. The van der Waals surface area contributed by atoms with Gasteiger partial charge in [0.25, 0.3) is 0 Å². The van der Waals surface area contributed by atoms with E-state index >= 15 is 0 Å². The highest BCUT2D eigenvalue weighted by Gasteiger charge is 2.25. The van der Waals surface area contributed by atoms with Crippen molar-refractivity contribution in [2.24, 2.45) is 0 Å². The third-order valence-electron chi connectivity index (χ3n) is 2.98. The Morgan fingerprint density at radius 2 is 2.33 bits per heavy atom. The standard InChI is InChI=1S/C12H13ClN2O3/c13-9-2-1-8(7-16)11(5-9)15-4-3-10(6-15)14-12(17)18/h1-2,5,7,10,14H,3-4,6H2,(H,17,18). The summed E-state index contributed by atoms with van der Waals surface area (Å²) in [6.45, 7) is 1.25. The van der Waals surface area contributed by atoms with Crippen LogP contribution in [-0.4, -0.2) is 36.6 Å². The van der Waals surface area contributed by atoms with Gasteiger partial charge >= 0.3 is 6.09 Å². The van der Waals surface area contributed by atoms with Crippen LogP contribution in [0, 0.1) is 0 Å². The minimum Gasteiger partial charge on any atom is -0.465 e. The van der Waals surface area contributed by atoms with Crippen LogP contribution >= 0.6 is 11.6 Å². The van der Waals surface area contributed by atoms with E-state index in [1.54, 1.807) is 18.2 Å². The van der Waals surface area contributed by atoms with Gasteiger partial charge in [-0.2, -0.15) is 0 Å². The molecule has 1 amide bonds. The molecule has 0 bridgehead atoms. The molecule has 1 saturated heterocycles. The van der Waals surface area contributed by atoms with Crippen molar-refractivity contribution < 1.29 is 14.7 Å². The number of carbonyl (C=O) groups is 2. The average Bonchev–Trinajstić information content (AvgIpc) is 2.76. The Labute approximate surface area is 109 Å². The molecule has 0 aliphatic carbocycles. The molecule has 1 aliphatic rings. The predicted octanol–water partition coefficient (Wildman–Crippen LogP) is 2.00. The molecule has 0 spiro atoms. The highest BCUT2D eigenvalue weighted by Crippen LogP contribution is 2.27. The molecule has 1 aromatic carbocycles. The molecule has 1 aromatic rings. The first-order valence-corrected chi connectivity index (χ1v) is 5.97.